The van der Waals surface area contributed by atoms with Crippen molar-refractivity contribution in [3.63, 3.8) is 0 Å². The van der Waals surface area contributed by atoms with Crippen molar-refractivity contribution in [1.29, 1.82) is 5.26 Å². The van der Waals surface area contributed by atoms with Gasteiger partial charge in [-0.1, -0.05) is 29.3 Å². The molecule has 3 rings (SSSR count). The Morgan fingerprint density at radius 3 is 2.73 bits per heavy atom. The number of rotatable bonds is 6. The largest absolute Gasteiger partial charge is 0.453 e. The first-order chi connectivity index (χ1) is 14.3. The summed E-state index contributed by atoms with van der Waals surface area (Å²) in [5, 5.41) is 22.4. The number of carbonyl (C=O) groups excluding carboxylic acids is 1. The van der Waals surface area contributed by atoms with Gasteiger partial charge in [0.15, 0.2) is 11.6 Å². The Morgan fingerprint density at radius 2 is 2.07 bits per heavy atom. The van der Waals surface area contributed by atoms with Crippen LogP contribution in [0.1, 0.15) is 21.6 Å². The highest BCUT2D eigenvalue weighted by Gasteiger charge is 2.18. The van der Waals surface area contributed by atoms with E-state index in [4.69, 9.17) is 33.2 Å². The van der Waals surface area contributed by atoms with E-state index >= 15 is 0 Å². The molecule has 0 saturated carbocycles. The van der Waals surface area contributed by atoms with Gasteiger partial charge in [0.2, 0.25) is 0 Å². The first kappa shape index (κ1) is 21.1. The quantitative estimate of drug-likeness (QED) is 0.407. The maximum atomic E-state index is 14.9. The Balaban J connectivity index is 1.79. The van der Waals surface area contributed by atoms with Crippen molar-refractivity contribution in [3.8, 4) is 17.6 Å². The molecule has 8 nitrogen and oxygen atoms in total. The van der Waals surface area contributed by atoms with Crippen LogP contribution in [-0.4, -0.2) is 15.8 Å². The molecule has 0 radical (unpaired) electrons. The maximum absolute atomic E-state index is 14.9. The third kappa shape index (κ3) is 4.68. The molecular weight excluding hydrogens is 438 g/mol. The van der Waals surface area contributed by atoms with Crippen molar-refractivity contribution in [3.05, 3.63) is 85.4 Å². The summed E-state index contributed by atoms with van der Waals surface area (Å²) in [6, 6.07) is 9.90. The smallest absolute Gasteiger partial charge is 0.287 e. The van der Waals surface area contributed by atoms with Gasteiger partial charge in [-0.15, -0.1) is 0 Å². The number of carbonyl (C=O) groups is 1. The summed E-state index contributed by atoms with van der Waals surface area (Å²) in [5.41, 5.74) is -0.0360. The van der Waals surface area contributed by atoms with Crippen LogP contribution in [0.15, 0.2) is 42.6 Å². The monoisotopic (exact) mass is 448 g/mol. The summed E-state index contributed by atoms with van der Waals surface area (Å²) in [7, 11) is 0. The number of hydrogen-bond donors (Lipinski definition) is 2. The molecule has 0 aliphatic carbocycles. The summed E-state index contributed by atoms with van der Waals surface area (Å²) in [4.78, 5) is 24.6. The molecular formula is C19H11Cl2FN4O4. The molecule has 0 aliphatic heterocycles. The minimum absolute atomic E-state index is 0.0268. The standard InChI is InChI=1S/C19H11Cl2FN4O4/c20-12-3-10(7-23)4-14(5-12)30-18-15(21)2-1-11(17(18)22)8-25-19(27)16-6-13(9-24-16)26(28)29/h1-6,9,24H,8H2,(H,25,27). The lowest BCUT2D eigenvalue weighted by molar-refractivity contribution is -0.384. The SMILES string of the molecule is N#Cc1cc(Cl)cc(Oc2c(Cl)ccc(CNC(=O)c3cc([N+](=O)[O-])c[nH]3)c2F)c1. The van der Waals surface area contributed by atoms with Crippen molar-refractivity contribution < 1.29 is 18.8 Å². The summed E-state index contributed by atoms with van der Waals surface area (Å²) < 4.78 is 20.4. The number of hydrogen-bond acceptors (Lipinski definition) is 5. The Labute approximate surface area is 178 Å². The van der Waals surface area contributed by atoms with Crippen molar-refractivity contribution in [2.45, 2.75) is 6.54 Å². The van der Waals surface area contributed by atoms with Crippen LogP contribution in [0.3, 0.4) is 0 Å². The Morgan fingerprint density at radius 1 is 1.30 bits per heavy atom. The van der Waals surface area contributed by atoms with Gasteiger partial charge in [-0.05, 0) is 24.3 Å². The number of aromatic amines is 1. The molecule has 0 aliphatic rings. The van der Waals surface area contributed by atoms with Crippen LogP contribution in [0.5, 0.6) is 11.5 Å². The molecule has 30 heavy (non-hydrogen) atoms. The normalized spacial score (nSPS) is 10.3. The molecule has 1 amide bonds. The van der Waals surface area contributed by atoms with Gasteiger partial charge in [0.1, 0.15) is 11.4 Å². The average molecular weight is 449 g/mol. The molecule has 0 bridgehead atoms. The van der Waals surface area contributed by atoms with Gasteiger partial charge in [0.25, 0.3) is 11.6 Å². The predicted octanol–water partition coefficient (Wildman–Crippen LogP) is 4.96. The molecule has 0 fully saturated rings. The van der Waals surface area contributed by atoms with E-state index in [1.54, 1.807) is 0 Å². The van der Waals surface area contributed by atoms with Gasteiger partial charge < -0.3 is 15.0 Å². The lowest BCUT2D eigenvalue weighted by Crippen LogP contribution is -2.23. The molecule has 0 unspecified atom stereocenters. The van der Waals surface area contributed by atoms with E-state index in [0.29, 0.717) is 0 Å². The maximum Gasteiger partial charge on any atom is 0.287 e. The van der Waals surface area contributed by atoms with Crippen LogP contribution in [-0.2, 0) is 6.54 Å². The second-order valence-electron chi connectivity index (χ2n) is 5.95. The summed E-state index contributed by atoms with van der Waals surface area (Å²) in [6.07, 6.45) is 1.07. The fourth-order valence-electron chi connectivity index (χ4n) is 2.50. The first-order valence-electron chi connectivity index (χ1n) is 8.25. The molecule has 152 valence electrons. The molecule has 1 heterocycles. The molecule has 0 atom stereocenters. The Bertz CT molecular complexity index is 1190. The second kappa shape index (κ2) is 8.82. The van der Waals surface area contributed by atoms with Gasteiger partial charge >= 0.3 is 0 Å². The van der Waals surface area contributed by atoms with E-state index in [-0.39, 0.29) is 50.6 Å². The molecule has 1 aromatic heterocycles. The Hall–Kier alpha value is -3.61. The van der Waals surface area contributed by atoms with Gasteiger partial charge in [0, 0.05) is 23.2 Å². The van der Waals surface area contributed by atoms with E-state index < -0.39 is 16.6 Å². The highest BCUT2D eigenvalue weighted by Crippen LogP contribution is 2.35. The number of halogens is 3. The fraction of sp³-hybridized carbons (Fsp3) is 0.0526. The highest BCUT2D eigenvalue weighted by molar-refractivity contribution is 6.32. The van der Waals surface area contributed by atoms with Gasteiger partial charge in [-0.3, -0.25) is 14.9 Å². The van der Waals surface area contributed by atoms with Crippen LogP contribution in [0.2, 0.25) is 10.0 Å². The topological polar surface area (TPSA) is 121 Å². The third-order valence-corrected chi connectivity index (χ3v) is 4.43. The summed E-state index contributed by atoms with van der Waals surface area (Å²) in [6.45, 7) is -0.232. The highest BCUT2D eigenvalue weighted by atomic mass is 35.5. The van der Waals surface area contributed by atoms with E-state index in [2.05, 4.69) is 10.3 Å². The van der Waals surface area contributed by atoms with E-state index in [9.17, 15) is 19.3 Å². The van der Waals surface area contributed by atoms with Gasteiger partial charge in [-0.2, -0.15) is 5.26 Å². The van der Waals surface area contributed by atoms with E-state index in [0.717, 1.165) is 12.3 Å². The average Bonchev–Trinajstić information content (AvgIpc) is 3.20. The minimum atomic E-state index is -0.821. The van der Waals surface area contributed by atoms with Crippen LogP contribution in [0, 0.1) is 27.3 Å². The second-order valence-corrected chi connectivity index (χ2v) is 6.79. The number of aromatic nitrogens is 1. The third-order valence-electron chi connectivity index (χ3n) is 3.91. The van der Waals surface area contributed by atoms with Crippen molar-refractivity contribution in [2.24, 2.45) is 0 Å². The van der Waals surface area contributed by atoms with Crippen LogP contribution >= 0.6 is 23.2 Å². The van der Waals surface area contributed by atoms with Gasteiger partial charge in [-0.25, -0.2) is 4.39 Å². The van der Waals surface area contributed by atoms with Crippen molar-refractivity contribution in [2.75, 3.05) is 0 Å². The number of nitriles is 1. The lowest BCUT2D eigenvalue weighted by atomic mass is 10.2. The van der Waals surface area contributed by atoms with E-state index in [1.807, 2.05) is 6.07 Å². The molecule has 0 saturated heterocycles. The van der Waals surface area contributed by atoms with Crippen molar-refractivity contribution >= 4 is 34.8 Å². The number of H-pyrrole nitrogens is 1. The molecule has 0 spiro atoms. The molecule has 2 aromatic carbocycles. The lowest BCUT2D eigenvalue weighted by Gasteiger charge is -2.13. The van der Waals surface area contributed by atoms with Crippen LogP contribution < -0.4 is 10.1 Å². The molecule has 2 N–H and O–H groups in total. The summed E-state index contributed by atoms with van der Waals surface area (Å²) >= 11 is 12.0. The van der Waals surface area contributed by atoms with Gasteiger partial charge in [0.05, 0.1) is 27.8 Å². The van der Waals surface area contributed by atoms with Crippen LogP contribution in [0.25, 0.3) is 0 Å². The fourth-order valence-corrected chi connectivity index (χ4v) is 2.91. The first-order valence-corrected chi connectivity index (χ1v) is 9.00. The Kier molecular flexibility index (Phi) is 6.20. The zero-order valence-corrected chi connectivity index (χ0v) is 16.4. The number of nitro groups is 1. The number of amides is 1. The minimum Gasteiger partial charge on any atom is -0.453 e. The number of nitrogens with one attached hydrogen (secondary N) is 2. The van der Waals surface area contributed by atoms with E-state index in [1.165, 1.54) is 30.3 Å². The zero-order chi connectivity index (χ0) is 21.8. The number of benzene rings is 2. The van der Waals surface area contributed by atoms with Crippen LogP contribution in [0.4, 0.5) is 10.1 Å². The predicted molar refractivity (Wildman–Crippen MR) is 106 cm³/mol. The zero-order valence-electron chi connectivity index (χ0n) is 14.9. The number of ether oxygens (including phenoxy) is 1. The van der Waals surface area contributed by atoms with Crippen molar-refractivity contribution in [1.82, 2.24) is 10.3 Å². The summed E-state index contributed by atoms with van der Waals surface area (Å²) in [5.74, 6) is -1.67. The molecule has 11 heteroatoms. The molecule has 3 aromatic rings. The number of nitrogens with zero attached hydrogens (tertiary/aromatic N) is 2.